The van der Waals surface area contributed by atoms with Gasteiger partial charge in [-0.3, -0.25) is 0 Å². The van der Waals surface area contributed by atoms with E-state index < -0.39 is 0 Å². The molecule has 0 fully saturated rings. The molecule has 0 radical (unpaired) electrons. The molecule has 1 aliphatic carbocycles. The molecule has 57 heavy (non-hydrogen) atoms. The van der Waals surface area contributed by atoms with E-state index in [1.165, 1.54) is 44.5 Å². The van der Waals surface area contributed by atoms with E-state index in [1.807, 2.05) is 12.1 Å². The number of anilines is 3. The fraction of sp³-hybridized carbons (Fsp3) is 0.111. The van der Waals surface area contributed by atoms with Crippen LogP contribution < -0.4 is 9.64 Å². The minimum absolute atomic E-state index is 0.102. The van der Waals surface area contributed by atoms with Crippen LogP contribution in [-0.2, 0) is 10.8 Å². The van der Waals surface area contributed by atoms with Crippen LogP contribution in [0.15, 0.2) is 180 Å². The fourth-order valence-electron chi connectivity index (χ4n) is 9.46. The van der Waals surface area contributed by atoms with E-state index in [-0.39, 0.29) is 10.8 Å². The number of fused-ring (bicyclic) bond motifs is 9. The summed E-state index contributed by atoms with van der Waals surface area (Å²) < 4.78 is 13.1. The second kappa shape index (κ2) is 12.3. The first-order valence-electron chi connectivity index (χ1n) is 19.8. The summed E-state index contributed by atoms with van der Waals surface area (Å²) >= 11 is 0. The van der Waals surface area contributed by atoms with Crippen molar-refractivity contribution in [2.24, 2.45) is 0 Å². The Kier molecular flexibility index (Phi) is 7.25. The zero-order valence-corrected chi connectivity index (χ0v) is 32.5. The summed E-state index contributed by atoms with van der Waals surface area (Å²) in [5, 5.41) is 2.11. The first-order chi connectivity index (χ1) is 27.8. The lowest BCUT2D eigenvalue weighted by Crippen LogP contribution is -2.24. The van der Waals surface area contributed by atoms with Gasteiger partial charge in [0.05, 0.1) is 5.39 Å². The average molecular weight is 736 g/mol. The summed E-state index contributed by atoms with van der Waals surface area (Å²) in [6.07, 6.45) is 0. The molecule has 9 aromatic rings. The van der Waals surface area contributed by atoms with Crippen molar-refractivity contribution in [1.82, 2.24) is 0 Å². The molecule has 11 rings (SSSR count). The summed E-state index contributed by atoms with van der Waals surface area (Å²) in [5.74, 6) is 1.77. The summed E-state index contributed by atoms with van der Waals surface area (Å²) in [7, 11) is 0. The van der Waals surface area contributed by atoms with Crippen molar-refractivity contribution in [3.8, 4) is 44.9 Å². The number of hydrogen-bond donors (Lipinski definition) is 0. The fourth-order valence-corrected chi connectivity index (χ4v) is 9.46. The van der Waals surface area contributed by atoms with Gasteiger partial charge in [0.15, 0.2) is 0 Å². The van der Waals surface area contributed by atoms with Gasteiger partial charge in [-0.25, -0.2) is 0 Å². The van der Waals surface area contributed by atoms with Gasteiger partial charge < -0.3 is 14.1 Å². The van der Waals surface area contributed by atoms with Gasteiger partial charge in [0, 0.05) is 44.4 Å². The highest BCUT2D eigenvalue weighted by Crippen LogP contribution is 2.54. The quantitative estimate of drug-likeness (QED) is 0.176. The van der Waals surface area contributed by atoms with Crippen LogP contribution >= 0.6 is 0 Å². The number of benzene rings is 8. The smallest absolute Gasteiger partial charge is 0.143 e. The Morgan fingerprint density at radius 2 is 0.982 bits per heavy atom. The molecule has 2 aliphatic rings. The number of furan rings is 1. The number of rotatable bonds is 5. The summed E-state index contributed by atoms with van der Waals surface area (Å²) in [4.78, 5) is 2.38. The molecule has 0 saturated heterocycles. The lowest BCUT2D eigenvalue weighted by Gasteiger charge is -2.35. The van der Waals surface area contributed by atoms with E-state index in [9.17, 15) is 0 Å². The summed E-state index contributed by atoms with van der Waals surface area (Å²) in [5.41, 5.74) is 17.1. The van der Waals surface area contributed by atoms with Gasteiger partial charge in [0.25, 0.3) is 0 Å². The van der Waals surface area contributed by atoms with Crippen molar-refractivity contribution < 1.29 is 9.15 Å². The zero-order chi connectivity index (χ0) is 38.5. The van der Waals surface area contributed by atoms with Gasteiger partial charge in [0.1, 0.15) is 22.7 Å². The van der Waals surface area contributed by atoms with Crippen molar-refractivity contribution in [3.05, 3.63) is 198 Å². The van der Waals surface area contributed by atoms with Crippen LogP contribution in [0.2, 0.25) is 0 Å². The lowest BCUT2D eigenvalue weighted by atomic mass is 9.75. The molecule has 0 atom stereocenters. The van der Waals surface area contributed by atoms with Crippen molar-refractivity contribution in [3.63, 3.8) is 0 Å². The van der Waals surface area contributed by atoms with Gasteiger partial charge in [-0.05, 0) is 99.1 Å². The molecule has 0 saturated carbocycles. The summed E-state index contributed by atoms with van der Waals surface area (Å²) in [6, 6.07) is 63.4. The number of para-hydroxylation sites is 1. The Morgan fingerprint density at radius 1 is 0.404 bits per heavy atom. The molecule has 0 bridgehead atoms. The molecular weight excluding hydrogens is 695 g/mol. The number of nitrogens with zero attached hydrogens (tertiary/aromatic N) is 1. The first kappa shape index (κ1) is 33.5. The number of hydrogen-bond acceptors (Lipinski definition) is 3. The highest BCUT2D eigenvalue weighted by Gasteiger charge is 2.37. The molecule has 2 heterocycles. The molecule has 1 aliphatic heterocycles. The average Bonchev–Trinajstić information content (AvgIpc) is 3.74. The molecule has 1 aromatic heterocycles. The van der Waals surface area contributed by atoms with Crippen molar-refractivity contribution in [2.75, 3.05) is 4.90 Å². The second-order valence-corrected chi connectivity index (χ2v) is 16.5. The Balaban J connectivity index is 0.985. The minimum atomic E-state index is -0.250. The molecule has 0 unspecified atom stereocenters. The maximum absolute atomic E-state index is 6.88. The van der Waals surface area contributed by atoms with Gasteiger partial charge >= 0.3 is 0 Å². The van der Waals surface area contributed by atoms with E-state index in [0.29, 0.717) is 0 Å². The maximum Gasteiger partial charge on any atom is 0.143 e. The van der Waals surface area contributed by atoms with Gasteiger partial charge in [-0.1, -0.05) is 149 Å². The van der Waals surface area contributed by atoms with Crippen molar-refractivity contribution >= 4 is 39.0 Å². The van der Waals surface area contributed by atoms with E-state index in [2.05, 4.69) is 196 Å². The van der Waals surface area contributed by atoms with Gasteiger partial charge in [-0.2, -0.15) is 0 Å². The molecule has 0 spiro atoms. The SMILES string of the molecule is CC1(C)c2ccccc2-c2ccc(N(c3ccc(-c4ccccc4)cc3)c3ccc(-c4ccc5c(c4)Oc4c(ccc6oc7ccccc7c46)C5(C)C)cc3)cc21. The molecular formula is C54H41NO2. The molecule has 274 valence electrons. The predicted octanol–water partition coefficient (Wildman–Crippen LogP) is 15.1. The highest BCUT2D eigenvalue weighted by atomic mass is 16.5. The number of ether oxygens (including phenoxy) is 1. The van der Waals surface area contributed by atoms with Gasteiger partial charge in [-0.15, -0.1) is 0 Å². The molecule has 0 amide bonds. The third-order valence-electron chi connectivity index (χ3n) is 12.6. The second-order valence-electron chi connectivity index (χ2n) is 16.5. The maximum atomic E-state index is 6.88. The summed E-state index contributed by atoms with van der Waals surface area (Å²) in [6.45, 7) is 9.26. The van der Waals surface area contributed by atoms with E-state index in [0.717, 1.165) is 61.6 Å². The van der Waals surface area contributed by atoms with E-state index in [4.69, 9.17) is 9.15 Å². The minimum Gasteiger partial charge on any atom is -0.456 e. The Morgan fingerprint density at radius 3 is 1.75 bits per heavy atom. The zero-order valence-electron chi connectivity index (χ0n) is 32.5. The van der Waals surface area contributed by atoms with Crippen LogP contribution in [0.3, 0.4) is 0 Å². The third kappa shape index (κ3) is 5.12. The highest BCUT2D eigenvalue weighted by molar-refractivity contribution is 6.09. The van der Waals surface area contributed by atoms with Crippen LogP contribution in [0, 0.1) is 0 Å². The van der Waals surface area contributed by atoms with E-state index >= 15 is 0 Å². The normalized spacial score (nSPS) is 14.4. The lowest BCUT2D eigenvalue weighted by molar-refractivity contribution is 0.423. The Bertz CT molecular complexity index is 3020. The van der Waals surface area contributed by atoms with Crippen molar-refractivity contribution in [2.45, 2.75) is 38.5 Å². The topological polar surface area (TPSA) is 25.6 Å². The van der Waals surface area contributed by atoms with Crippen LogP contribution in [0.25, 0.3) is 55.3 Å². The molecule has 8 aromatic carbocycles. The van der Waals surface area contributed by atoms with Crippen LogP contribution in [0.5, 0.6) is 11.5 Å². The van der Waals surface area contributed by atoms with Gasteiger partial charge in [0.2, 0.25) is 0 Å². The molecule has 3 heteroatoms. The van der Waals surface area contributed by atoms with Crippen LogP contribution in [-0.4, -0.2) is 0 Å². The Hall–Kier alpha value is -6.84. The van der Waals surface area contributed by atoms with Crippen LogP contribution in [0.1, 0.15) is 49.9 Å². The predicted molar refractivity (Wildman–Crippen MR) is 235 cm³/mol. The van der Waals surface area contributed by atoms with Crippen molar-refractivity contribution in [1.29, 1.82) is 0 Å². The Labute approximate surface area is 333 Å². The molecule has 3 nitrogen and oxygen atoms in total. The van der Waals surface area contributed by atoms with Crippen LogP contribution in [0.4, 0.5) is 17.1 Å². The first-order valence-corrected chi connectivity index (χ1v) is 19.8. The standard InChI is InChI=1S/C54H41NO2/c1-53(2)44-16-10-8-14-41(44)42-28-27-40(33-47(42)53)55(38-23-18-35(19-24-38)34-12-6-5-7-13-34)39-25-20-36(21-26-39)37-22-29-45-50(32-37)57-52-46(54(45,3)4)30-31-49-51(52)43-15-9-11-17-48(43)56-49/h5-33H,1-4H3. The van der Waals surface area contributed by atoms with E-state index in [1.54, 1.807) is 0 Å². The third-order valence-corrected chi connectivity index (χ3v) is 12.6. The monoisotopic (exact) mass is 735 g/mol. The molecule has 0 N–H and O–H groups in total. The largest absolute Gasteiger partial charge is 0.456 e.